The van der Waals surface area contributed by atoms with Gasteiger partial charge in [-0.25, -0.2) is 9.78 Å². The Balaban J connectivity index is 2.28. The fourth-order valence-electron chi connectivity index (χ4n) is 1.71. The highest BCUT2D eigenvalue weighted by molar-refractivity contribution is 7.14. The Labute approximate surface area is 142 Å². The number of alkyl halides is 3. The number of carboxylic acids is 1. The van der Waals surface area contributed by atoms with Crippen molar-refractivity contribution in [1.82, 2.24) is 4.98 Å². The van der Waals surface area contributed by atoms with Crippen LogP contribution in [0.2, 0.25) is 0 Å². The summed E-state index contributed by atoms with van der Waals surface area (Å²) in [6, 6.07) is 3.11. The van der Waals surface area contributed by atoms with Crippen LogP contribution in [0.5, 0.6) is 5.75 Å². The van der Waals surface area contributed by atoms with Gasteiger partial charge in [-0.15, -0.1) is 11.3 Å². The molecule has 0 unspecified atom stereocenters. The number of rotatable bonds is 4. The van der Waals surface area contributed by atoms with Gasteiger partial charge in [-0.3, -0.25) is 14.9 Å². The molecule has 0 aliphatic heterocycles. The molecule has 0 aliphatic rings. The van der Waals surface area contributed by atoms with E-state index in [9.17, 15) is 27.6 Å². The van der Waals surface area contributed by atoms with Crippen molar-refractivity contribution >= 4 is 34.3 Å². The standard InChI is InChI=1S/C14H9F3N2O5S/c1-6(20)24-9-3-7(2-8(4-9)12(22)23)11(21)19-13-18-10(5-25-13)14(15,16)17/h2-5H,1H3,(H,22,23)(H,18,19,21). The van der Waals surface area contributed by atoms with Crippen LogP contribution in [0.25, 0.3) is 0 Å². The summed E-state index contributed by atoms with van der Waals surface area (Å²) in [6.07, 6.45) is -4.65. The third-order valence-electron chi connectivity index (χ3n) is 2.69. The van der Waals surface area contributed by atoms with E-state index >= 15 is 0 Å². The maximum atomic E-state index is 12.5. The minimum absolute atomic E-state index is 0.187. The van der Waals surface area contributed by atoms with Crippen molar-refractivity contribution in [3.05, 3.63) is 40.4 Å². The van der Waals surface area contributed by atoms with Crippen LogP contribution in [0.1, 0.15) is 33.3 Å². The number of esters is 1. The van der Waals surface area contributed by atoms with Gasteiger partial charge < -0.3 is 9.84 Å². The van der Waals surface area contributed by atoms with Crippen LogP contribution in [-0.2, 0) is 11.0 Å². The van der Waals surface area contributed by atoms with Gasteiger partial charge in [0.25, 0.3) is 5.91 Å². The molecule has 2 aromatic rings. The number of carbonyl (C=O) groups excluding carboxylic acids is 2. The Morgan fingerprint density at radius 2 is 1.84 bits per heavy atom. The third-order valence-corrected chi connectivity index (χ3v) is 3.45. The number of hydrogen-bond donors (Lipinski definition) is 2. The van der Waals surface area contributed by atoms with Gasteiger partial charge in [-0.1, -0.05) is 0 Å². The summed E-state index contributed by atoms with van der Waals surface area (Å²) >= 11 is 0.560. The Hall–Kier alpha value is -2.95. The predicted octanol–water partition coefficient (Wildman–Crippen LogP) is 3.04. The Morgan fingerprint density at radius 3 is 2.36 bits per heavy atom. The lowest BCUT2D eigenvalue weighted by atomic mass is 10.1. The minimum Gasteiger partial charge on any atom is -0.478 e. The zero-order valence-corrected chi connectivity index (χ0v) is 13.2. The van der Waals surface area contributed by atoms with Crippen molar-refractivity contribution in [3.8, 4) is 5.75 Å². The summed E-state index contributed by atoms with van der Waals surface area (Å²) < 4.78 is 42.2. The number of ether oxygens (including phenoxy) is 1. The molecule has 0 radical (unpaired) electrons. The summed E-state index contributed by atoms with van der Waals surface area (Å²) in [5.41, 5.74) is -1.72. The zero-order chi connectivity index (χ0) is 18.8. The van der Waals surface area contributed by atoms with Gasteiger partial charge in [0, 0.05) is 17.9 Å². The van der Waals surface area contributed by atoms with E-state index in [0.717, 1.165) is 30.5 Å². The van der Waals surface area contributed by atoms with E-state index in [1.54, 1.807) is 0 Å². The Morgan fingerprint density at radius 1 is 1.20 bits per heavy atom. The van der Waals surface area contributed by atoms with Crippen molar-refractivity contribution in [1.29, 1.82) is 0 Å². The number of thiazole rings is 1. The normalized spacial score (nSPS) is 11.0. The summed E-state index contributed by atoms with van der Waals surface area (Å²) in [5, 5.41) is 11.6. The molecule has 0 atom stereocenters. The molecule has 2 rings (SSSR count). The molecule has 2 N–H and O–H groups in total. The van der Waals surface area contributed by atoms with Crippen LogP contribution < -0.4 is 10.1 Å². The second kappa shape index (κ2) is 6.89. The second-order valence-corrected chi connectivity index (χ2v) is 5.49. The first kappa shape index (κ1) is 18.4. The van der Waals surface area contributed by atoms with Crippen molar-refractivity contribution < 1.29 is 37.4 Å². The average Bonchev–Trinajstić information content (AvgIpc) is 2.94. The van der Waals surface area contributed by atoms with Crippen LogP contribution >= 0.6 is 11.3 Å². The number of halogens is 3. The predicted molar refractivity (Wildman–Crippen MR) is 79.8 cm³/mol. The topological polar surface area (TPSA) is 106 Å². The summed E-state index contributed by atoms with van der Waals surface area (Å²) in [5.74, 6) is -3.20. The van der Waals surface area contributed by atoms with Crippen LogP contribution in [0.4, 0.5) is 18.3 Å². The number of carbonyl (C=O) groups is 3. The minimum atomic E-state index is -4.65. The van der Waals surface area contributed by atoms with Gasteiger partial charge in [0.2, 0.25) is 0 Å². The molecule has 11 heteroatoms. The number of anilines is 1. The largest absolute Gasteiger partial charge is 0.478 e. The summed E-state index contributed by atoms with van der Waals surface area (Å²) in [6.45, 7) is 1.08. The van der Waals surface area contributed by atoms with Gasteiger partial charge in [-0.05, 0) is 18.2 Å². The number of carboxylic acid groups (broad SMARTS) is 1. The van der Waals surface area contributed by atoms with E-state index < -0.39 is 29.7 Å². The Kier molecular flexibility index (Phi) is 5.07. The fourth-order valence-corrected chi connectivity index (χ4v) is 2.42. The molecule has 1 heterocycles. The summed E-state index contributed by atoms with van der Waals surface area (Å²) in [7, 11) is 0. The van der Waals surface area contributed by atoms with Gasteiger partial charge >= 0.3 is 18.1 Å². The van der Waals surface area contributed by atoms with Gasteiger partial charge in [-0.2, -0.15) is 13.2 Å². The lowest BCUT2D eigenvalue weighted by Gasteiger charge is -2.07. The molecular formula is C14H9F3N2O5S. The van der Waals surface area contributed by atoms with E-state index in [-0.39, 0.29) is 22.0 Å². The average molecular weight is 374 g/mol. The highest BCUT2D eigenvalue weighted by Crippen LogP contribution is 2.31. The maximum Gasteiger partial charge on any atom is 0.434 e. The fraction of sp³-hybridized carbons (Fsp3) is 0.143. The van der Waals surface area contributed by atoms with Crippen molar-refractivity contribution in [2.75, 3.05) is 5.32 Å². The van der Waals surface area contributed by atoms with Gasteiger partial charge in [0.05, 0.1) is 5.56 Å². The molecule has 1 aromatic carbocycles. The lowest BCUT2D eigenvalue weighted by Crippen LogP contribution is -2.14. The van der Waals surface area contributed by atoms with Crippen LogP contribution in [0.3, 0.4) is 0 Å². The van der Waals surface area contributed by atoms with Gasteiger partial charge in [0.15, 0.2) is 10.8 Å². The smallest absolute Gasteiger partial charge is 0.434 e. The SMILES string of the molecule is CC(=O)Oc1cc(C(=O)O)cc(C(=O)Nc2nc(C(F)(F)F)cs2)c1. The van der Waals surface area contributed by atoms with Crippen molar-refractivity contribution in [2.24, 2.45) is 0 Å². The second-order valence-electron chi connectivity index (χ2n) is 4.63. The van der Waals surface area contributed by atoms with Crippen molar-refractivity contribution in [2.45, 2.75) is 13.1 Å². The highest BCUT2D eigenvalue weighted by Gasteiger charge is 2.34. The van der Waals surface area contributed by atoms with Crippen LogP contribution in [0, 0.1) is 0 Å². The molecule has 0 saturated heterocycles. The van der Waals surface area contributed by atoms with E-state index in [1.165, 1.54) is 0 Å². The molecule has 0 saturated carbocycles. The molecule has 0 bridgehead atoms. The lowest BCUT2D eigenvalue weighted by molar-refractivity contribution is -0.140. The first-order valence-electron chi connectivity index (χ1n) is 6.47. The first-order chi connectivity index (χ1) is 11.6. The highest BCUT2D eigenvalue weighted by atomic mass is 32.1. The number of nitrogens with one attached hydrogen (secondary N) is 1. The molecule has 132 valence electrons. The monoisotopic (exact) mass is 374 g/mol. The first-order valence-corrected chi connectivity index (χ1v) is 7.35. The third kappa shape index (κ3) is 4.76. The number of aromatic carboxylic acids is 1. The van der Waals surface area contributed by atoms with Gasteiger partial charge in [0.1, 0.15) is 5.75 Å². The number of benzene rings is 1. The molecule has 0 spiro atoms. The molecule has 25 heavy (non-hydrogen) atoms. The number of hydrogen-bond acceptors (Lipinski definition) is 6. The number of aromatic nitrogens is 1. The molecular weight excluding hydrogens is 365 g/mol. The summed E-state index contributed by atoms with van der Waals surface area (Å²) in [4.78, 5) is 37.4. The molecule has 7 nitrogen and oxygen atoms in total. The quantitative estimate of drug-likeness (QED) is 0.629. The van der Waals surface area contributed by atoms with Crippen LogP contribution in [-0.4, -0.2) is 27.9 Å². The molecule has 1 amide bonds. The number of amides is 1. The molecule has 1 aromatic heterocycles. The van der Waals surface area contributed by atoms with E-state index in [2.05, 4.69) is 10.3 Å². The van der Waals surface area contributed by atoms with E-state index in [0.29, 0.717) is 11.3 Å². The zero-order valence-electron chi connectivity index (χ0n) is 12.4. The maximum absolute atomic E-state index is 12.5. The molecule has 0 aliphatic carbocycles. The van der Waals surface area contributed by atoms with E-state index in [1.807, 2.05) is 0 Å². The molecule has 0 fully saturated rings. The Bertz CT molecular complexity index is 847. The van der Waals surface area contributed by atoms with Crippen molar-refractivity contribution in [3.63, 3.8) is 0 Å². The van der Waals surface area contributed by atoms with Crippen LogP contribution in [0.15, 0.2) is 23.6 Å². The number of nitrogens with zero attached hydrogens (tertiary/aromatic N) is 1. The van der Waals surface area contributed by atoms with E-state index in [4.69, 9.17) is 9.84 Å².